The number of amides is 1. The number of benzene rings is 2. The monoisotopic (exact) mass is 369 g/mol. The van der Waals surface area contributed by atoms with Gasteiger partial charge in [-0.1, -0.05) is 18.2 Å². The van der Waals surface area contributed by atoms with E-state index >= 15 is 0 Å². The first-order valence-electron chi connectivity index (χ1n) is 9.37. The Kier molecular flexibility index (Phi) is 5.09. The van der Waals surface area contributed by atoms with Crippen LogP contribution < -0.4 is 15.6 Å². The number of carbonyl (C=O) groups excluding carboxylic acids is 1. The van der Waals surface area contributed by atoms with Gasteiger partial charge in [-0.25, -0.2) is 4.39 Å². The maximum absolute atomic E-state index is 13.2. The zero-order chi connectivity index (χ0) is 18.8. The normalized spacial score (nSPS) is 20.2. The van der Waals surface area contributed by atoms with Gasteiger partial charge in [-0.05, 0) is 48.2 Å². The summed E-state index contributed by atoms with van der Waals surface area (Å²) in [6, 6.07) is 12.2. The number of hydrogen-bond donors (Lipinski definition) is 2. The Hall–Kier alpha value is -2.44. The summed E-state index contributed by atoms with van der Waals surface area (Å²) >= 11 is 0. The van der Waals surface area contributed by atoms with Crippen LogP contribution in [0.1, 0.15) is 46.3 Å². The predicted molar refractivity (Wildman–Crippen MR) is 101 cm³/mol. The largest absolute Gasteiger partial charge is 0.496 e. The van der Waals surface area contributed by atoms with Gasteiger partial charge in [0.2, 0.25) is 0 Å². The van der Waals surface area contributed by atoms with Crippen molar-refractivity contribution in [3.8, 4) is 5.75 Å². The van der Waals surface area contributed by atoms with Gasteiger partial charge >= 0.3 is 0 Å². The van der Waals surface area contributed by atoms with E-state index in [1.807, 2.05) is 23.1 Å². The van der Waals surface area contributed by atoms with Gasteiger partial charge in [-0.2, -0.15) is 0 Å². The van der Waals surface area contributed by atoms with Gasteiger partial charge < -0.3 is 9.64 Å². The lowest BCUT2D eigenvalue weighted by atomic mass is 9.97. The van der Waals surface area contributed by atoms with Crippen LogP contribution >= 0.6 is 0 Å². The molecule has 0 radical (unpaired) electrons. The topological polar surface area (TPSA) is 53.6 Å². The Bertz CT molecular complexity index is 819. The average molecular weight is 369 g/mol. The first-order valence-corrected chi connectivity index (χ1v) is 9.37. The molecule has 2 aliphatic heterocycles. The molecule has 142 valence electrons. The molecule has 2 aromatic carbocycles. The fourth-order valence-corrected chi connectivity index (χ4v) is 4.07. The van der Waals surface area contributed by atoms with Crippen molar-refractivity contribution in [2.45, 2.75) is 24.8 Å². The second-order valence-electron chi connectivity index (χ2n) is 7.12. The number of halogens is 1. The van der Waals surface area contributed by atoms with Crippen LogP contribution in [0.3, 0.4) is 0 Å². The van der Waals surface area contributed by atoms with Gasteiger partial charge in [0.05, 0.1) is 13.2 Å². The van der Waals surface area contributed by atoms with Gasteiger partial charge in [-0.15, -0.1) is 0 Å². The first kappa shape index (κ1) is 17.9. The molecular formula is C21H24FN3O2. The van der Waals surface area contributed by atoms with E-state index in [2.05, 4.69) is 10.9 Å². The molecule has 2 fully saturated rings. The van der Waals surface area contributed by atoms with E-state index in [0.717, 1.165) is 42.8 Å². The highest BCUT2D eigenvalue weighted by Crippen LogP contribution is 2.35. The summed E-state index contributed by atoms with van der Waals surface area (Å²) < 4.78 is 18.8. The Labute approximate surface area is 158 Å². The molecule has 6 heteroatoms. The van der Waals surface area contributed by atoms with Crippen molar-refractivity contribution < 1.29 is 13.9 Å². The lowest BCUT2D eigenvalue weighted by Gasteiger charge is -2.26. The molecule has 1 unspecified atom stereocenters. The van der Waals surface area contributed by atoms with Crippen LogP contribution in [0, 0.1) is 5.82 Å². The minimum absolute atomic E-state index is 0.00523. The molecule has 0 saturated carbocycles. The third-order valence-electron chi connectivity index (χ3n) is 5.51. The van der Waals surface area contributed by atoms with Gasteiger partial charge in [0.25, 0.3) is 5.91 Å². The van der Waals surface area contributed by atoms with Crippen LogP contribution in [0.2, 0.25) is 0 Å². The molecule has 2 N–H and O–H groups in total. The van der Waals surface area contributed by atoms with Crippen molar-refractivity contribution in [3.63, 3.8) is 0 Å². The maximum atomic E-state index is 13.2. The molecule has 1 amide bonds. The van der Waals surface area contributed by atoms with Gasteiger partial charge in [0.1, 0.15) is 11.6 Å². The third kappa shape index (κ3) is 3.55. The quantitative estimate of drug-likeness (QED) is 0.870. The number of rotatable bonds is 4. The summed E-state index contributed by atoms with van der Waals surface area (Å²) in [5.41, 5.74) is 8.96. The van der Waals surface area contributed by atoms with E-state index in [-0.39, 0.29) is 17.8 Å². The molecule has 27 heavy (non-hydrogen) atoms. The molecule has 2 aromatic rings. The lowest BCUT2D eigenvalue weighted by molar-refractivity contribution is 0.0735. The highest BCUT2D eigenvalue weighted by atomic mass is 19.1. The zero-order valence-corrected chi connectivity index (χ0v) is 15.4. The number of hydrogen-bond acceptors (Lipinski definition) is 4. The summed E-state index contributed by atoms with van der Waals surface area (Å²) in [5.74, 6) is 0.803. The summed E-state index contributed by atoms with van der Waals surface area (Å²) in [6.45, 7) is 2.38. The Morgan fingerprint density at radius 1 is 1.15 bits per heavy atom. The van der Waals surface area contributed by atoms with Gasteiger partial charge in [-0.3, -0.25) is 15.6 Å². The van der Waals surface area contributed by atoms with Crippen molar-refractivity contribution in [1.82, 2.24) is 15.8 Å². The highest BCUT2D eigenvalue weighted by Gasteiger charge is 2.31. The van der Waals surface area contributed by atoms with Crippen molar-refractivity contribution in [2.24, 2.45) is 0 Å². The number of methoxy groups -OCH3 is 1. The third-order valence-corrected chi connectivity index (χ3v) is 5.51. The average Bonchev–Trinajstić information content (AvgIpc) is 3.39. The van der Waals surface area contributed by atoms with E-state index in [1.54, 1.807) is 19.2 Å². The van der Waals surface area contributed by atoms with Crippen molar-refractivity contribution in [3.05, 3.63) is 65.0 Å². The number of nitrogens with one attached hydrogen (secondary N) is 2. The molecule has 2 saturated heterocycles. The molecular weight excluding hydrogens is 345 g/mol. The van der Waals surface area contributed by atoms with E-state index in [9.17, 15) is 9.18 Å². The minimum atomic E-state index is -0.258. The summed E-state index contributed by atoms with van der Waals surface area (Å²) in [7, 11) is 1.64. The zero-order valence-electron chi connectivity index (χ0n) is 15.4. The number of likely N-dealkylation sites (tertiary alicyclic amines) is 1. The van der Waals surface area contributed by atoms with E-state index in [1.165, 1.54) is 12.1 Å². The Balaban J connectivity index is 1.58. The van der Waals surface area contributed by atoms with Gasteiger partial charge in [0.15, 0.2) is 0 Å². The van der Waals surface area contributed by atoms with Crippen LogP contribution in [0.4, 0.5) is 4.39 Å². The Morgan fingerprint density at radius 2 is 1.89 bits per heavy atom. The van der Waals surface area contributed by atoms with Crippen LogP contribution in [0.15, 0.2) is 42.5 Å². The number of nitrogens with zero attached hydrogens (tertiary/aromatic N) is 1. The second kappa shape index (κ2) is 7.66. The van der Waals surface area contributed by atoms with Crippen LogP contribution in [0.25, 0.3) is 0 Å². The molecule has 0 aromatic heterocycles. The van der Waals surface area contributed by atoms with Crippen molar-refractivity contribution >= 4 is 5.91 Å². The van der Waals surface area contributed by atoms with Crippen molar-refractivity contribution in [1.29, 1.82) is 0 Å². The lowest BCUT2D eigenvalue weighted by Crippen LogP contribution is -2.30. The highest BCUT2D eigenvalue weighted by molar-refractivity contribution is 5.95. The maximum Gasteiger partial charge on any atom is 0.254 e. The van der Waals surface area contributed by atoms with Gasteiger partial charge in [0, 0.05) is 31.1 Å². The van der Waals surface area contributed by atoms with E-state index in [0.29, 0.717) is 18.0 Å². The standard InChI is InChI=1S/C21H24FN3O2/c1-27-20-11-15(6-9-18(20)16-12-23-24-13-16)21(26)25-10-2-3-19(25)14-4-7-17(22)8-5-14/h4-9,11,16,19,23-24H,2-3,10,12-13H2,1H3. The molecule has 0 bridgehead atoms. The molecule has 2 heterocycles. The summed E-state index contributed by atoms with van der Waals surface area (Å²) in [5, 5.41) is 0. The number of ether oxygens (including phenoxy) is 1. The van der Waals surface area contributed by atoms with E-state index < -0.39 is 0 Å². The molecule has 1 atom stereocenters. The summed E-state index contributed by atoms with van der Waals surface area (Å²) in [6.07, 6.45) is 1.84. The van der Waals surface area contributed by atoms with E-state index in [4.69, 9.17) is 4.74 Å². The molecule has 2 aliphatic rings. The fourth-order valence-electron chi connectivity index (χ4n) is 4.07. The minimum Gasteiger partial charge on any atom is -0.496 e. The van der Waals surface area contributed by atoms with Crippen LogP contribution in [0.5, 0.6) is 5.75 Å². The number of carbonyl (C=O) groups is 1. The first-order chi connectivity index (χ1) is 13.2. The van der Waals surface area contributed by atoms with Crippen molar-refractivity contribution in [2.75, 3.05) is 26.7 Å². The van der Waals surface area contributed by atoms with Crippen LogP contribution in [-0.2, 0) is 0 Å². The molecule has 4 rings (SSSR count). The number of hydrazine groups is 1. The second-order valence-corrected chi connectivity index (χ2v) is 7.12. The molecule has 0 aliphatic carbocycles. The van der Waals surface area contributed by atoms with Crippen LogP contribution in [-0.4, -0.2) is 37.6 Å². The Morgan fingerprint density at radius 3 is 2.59 bits per heavy atom. The molecule has 5 nitrogen and oxygen atoms in total. The SMILES string of the molecule is COc1cc(C(=O)N2CCCC2c2ccc(F)cc2)ccc1C1CNNC1. The summed E-state index contributed by atoms with van der Waals surface area (Å²) in [4.78, 5) is 15.1. The molecule has 0 spiro atoms. The predicted octanol–water partition coefficient (Wildman–Crippen LogP) is 3.00. The fraction of sp³-hybridized carbons (Fsp3) is 0.381. The smallest absolute Gasteiger partial charge is 0.254 e.